The van der Waals surface area contributed by atoms with Gasteiger partial charge in [-0.25, -0.2) is 13.8 Å². The molecule has 2 aromatic rings. The molecule has 144 valence electrons. The maximum Gasteiger partial charge on any atom is 0.264 e. The van der Waals surface area contributed by atoms with Crippen molar-refractivity contribution in [2.24, 2.45) is 5.10 Å². The number of anilines is 1. The zero-order valence-corrected chi connectivity index (χ0v) is 16.9. The van der Waals surface area contributed by atoms with E-state index in [2.05, 4.69) is 10.5 Å². The Bertz CT molecular complexity index is 931. The van der Waals surface area contributed by atoms with E-state index in [1.54, 1.807) is 50.2 Å². The van der Waals surface area contributed by atoms with Gasteiger partial charge in [0.15, 0.2) is 0 Å². The zero-order valence-electron chi connectivity index (χ0n) is 16.1. The number of nitrogens with zero attached hydrogens (tertiary/aromatic N) is 2. The van der Waals surface area contributed by atoms with Gasteiger partial charge in [-0.1, -0.05) is 42.8 Å². The third-order valence-corrected chi connectivity index (χ3v) is 5.72. The smallest absolute Gasteiger partial charge is 0.264 e. The summed E-state index contributed by atoms with van der Waals surface area (Å²) in [5.74, 6) is -0.502. The summed E-state index contributed by atoms with van der Waals surface area (Å²) in [4.78, 5) is 12.5. The summed E-state index contributed by atoms with van der Waals surface area (Å²) < 4.78 is 27.7. The van der Waals surface area contributed by atoms with E-state index in [-0.39, 0.29) is 11.4 Å². The molecule has 1 N–H and O–H groups in total. The van der Waals surface area contributed by atoms with Crippen molar-refractivity contribution < 1.29 is 13.2 Å². The molecule has 0 atom stereocenters. The predicted molar refractivity (Wildman–Crippen MR) is 108 cm³/mol. The lowest BCUT2D eigenvalue weighted by Gasteiger charge is -2.25. The van der Waals surface area contributed by atoms with Crippen LogP contribution in [0.2, 0.25) is 0 Å². The molecule has 0 radical (unpaired) electrons. The second kappa shape index (κ2) is 8.81. The number of amides is 1. The van der Waals surface area contributed by atoms with E-state index in [9.17, 15) is 13.2 Å². The van der Waals surface area contributed by atoms with Crippen LogP contribution in [0.15, 0.2) is 58.5 Å². The predicted octanol–water partition coefficient (Wildman–Crippen LogP) is 3.26. The average Bonchev–Trinajstić information content (AvgIpc) is 2.64. The highest BCUT2D eigenvalue weighted by atomic mass is 32.2. The summed E-state index contributed by atoms with van der Waals surface area (Å²) >= 11 is 0. The van der Waals surface area contributed by atoms with Crippen LogP contribution < -0.4 is 9.73 Å². The second-order valence-electron chi connectivity index (χ2n) is 6.40. The molecule has 27 heavy (non-hydrogen) atoms. The maximum absolute atomic E-state index is 13.3. The number of aryl methyl sites for hydroxylation is 2. The van der Waals surface area contributed by atoms with Crippen molar-refractivity contribution in [3.8, 4) is 0 Å². The van der Waals surface area contributed by atoms with Crippen molar-refractivity contribution in [1.82, 2.24) is 5.43 Å². The van der Waals surface area contributed by atoms with E-state index in [0.717, 1.165) is 15.4 Å². The molecule has 2 rings (SSSR count). The first-order chi connectivity index (χ1) is 12.8. The van der Waals surface area contributed by atoms with Gasteiger partial charge < -0.3 is 0 Å². The third kappa shape index (κ3) is 5.17. The Balaban J connectivity index is 2.50. The number of para-hydroxylation sites is 1. The molecule has 2 aromatic carbocycles. The monoisotopic (exact) mass is 387 g/mol. The van der Waals surface area contributed by atoms with Gasteiger partial charge in [-0.3, -0.25) is 9.10 Å². The zero-order chi connectivity index (χ0) is 20.0. The molecule has 0 unspecified atom stereocenters. The number of hydrogen-bond donors (Lipinski definition) is 1. The van der Waals surface area contributed by atoms with E-state index in [0.29, 0.717) is 17.8 Å². The SMILES string of the molecule is CCc1ccccc1N(CC(=O)NN=C(C)C)S(=O)(=O)c1ccc(C)cc1. The highest BCUT2D eigenvalue weighted by Gasteiger charge is 2.28. The second-order valence-corrected chi connectivity index (χ2v) is 8.26. The summed E-state index contributed by atoms with van der Waals surface area (Å²) in [6.07, 6.45) is 0.643. The van der Waals surface area contributed by atoms with Crippen LogP contribution in [0.4, 0.5) is 5.69 Å². The van der Waals surface area contributed by atoms with Crippen molar-refractivity contribution in [2.45, 2.75) is 39.0 Å². The molecule has 0 heterocycles. The minimum absolute atomic E-state index is 0.141. The third-order valence-electron chi connectivity index (χ3n) is 3.94. The molecule has 0 spiro atoms. The maximum atomic E-state index is 13.3. The fraction of sp³-hybridized carbons (Fsp3) is 0.300. The number of carbonyl (C=O) groups is 1. The standard InChI is InChI=1S/C20H25N3O3S/c1-5-17-8-6-7-9-19(17)23(14-20(24)22-21-15(2)3)27(25,26)18-12-10-16(4)11-13-18/h6-13H,5,14H2,1-4H3,(H,22,24). The molecule has 0 saturated carbocycles. The topological polar surface area (TPSA) is 78.8 Å². The molecule has 0 fully saturated rings. The van der Waals surface area contributed by atoms with Crippen LogP contribution in [0.1, 0.15) is 31.9 Å². The first-order valence-electron chi connectivity index (χ1n) is 8.72. The minimum atomic E-state index is -3.91. The van der Waals surface area contributed by atoms with Gasteiger partial charge in [0.2, 0.25) is 0 Å². The van der Waals surface area contributed by atoms with Crippen LogP contribution in [0, 0.1) is 6.92 Å². The van der Waals surface area contributed by atoms with E-state index in [1.165, 1.54) is 0 Å². The molecule has 0 aromatic heterocycles. The number of hydrazone groups is 1. The Labute approximate surface area is 161 Å². The van der Waals surface area contributed by atoms with Crippen LogP contribution in [-0.2, 0) is 21.2 Å². The summed E-state index contributed by atoms with van der Waals surface area (Å²) in [5, 5.41) is 3.88. The van der Waals surface area contributed by atoms with Gasteiger partial charge in [-0.2, -0.15) is 5.10 Å². The van der Waals surface area contributed by atoms with Crippen molar-refractivity contribution >= 4 is 27.3 Å². The average molecular weight is 388 g/mol. The molecule has 0 aliphatic rings. The van der Waals surface area contributed by atoms with Gasteiger partial charge in [0.25, 0.3) is 15.9 Å². The van der Waals surface area contributed by atoms with Gasteiger partial charge in [-0.05, 0) is 51.0 Å². The number of benzene rings is 2. The molecule has 0 aliphatic heterocycles. The number of hydrogen-bond acceptors (Lipinski definition) is 4. The first-order valence-corrected chi connectivity index (χ1v) is 10.2. The van der Waals surface area contributed by atoms with Crippen molar-refractivity contribution in [3.05, 3.63) is 59.7 Å². The lowest BCUT2D eigenvalue weighted by atomic mass is 10.1. The van der Waals surface area contributed by atoms with Gasteiger partial charge in [0.1, 0.15) is 6.54 Å². The Hall–Kier alpha value is -2.67. The van der Waals surface area contributed by atoms with Crippen molar-refractivity contribution in [1.29, 1.82) is 0 Å². The fourth-order valence-corrected chi connectivity index (χ4v) is 3.99. The first kappa shape index (κ1) is 20.6. The molecule has 0 bridgehead atoms. The largest absolute Gasteiger partial charge is 0.271 e. The summed E-state index contributed by atoms with van der Waals surface area (Å²) in [5.41, 5.74) is 5.36. The van der Waals surface area contributed by atoms with Gasteiger partial charge >= 0.3 is 0 Å². The van der Waals surface area contributed by atoms with Crippen LogP contribution in [0.3, 0.4) is 0 Å². The number of rotatable bonds is 7. The Kier molecular flexibility index (Phi) is 6.74. The normalized spacial score (nSPS) is 11.0. The molecule has 0 aliphatic carbocycles. The highest BCUT2D eigenvalue weighted by molar-refractivity contribution is 7.92. The highest BCUT2D eigenvalue weighted by Crippen LogP contribution is 2.27. The molecule has 6 nitrogen and oxygen atoms in total. The summed E-state index contributed by atoms with van der Waals surface area (Å²) in [6, 6.07) is 13.8. The molecular weight excluding hydrogens is 362 g/mol. The van der Waals surface area contributed by atoms with E-state index in [1.807, 2.05) is 26.0 Å². The number of nitrogens with one attached hydrogen (secondary N) is 1. The Morgan fingerprint density at radius 3 is 2.30 bits per heavy atom. The van der Waals surface area contributed by atoms with Crippen LogP contribution in [0.25, 0.3) is 0 Å². The quantitative estimate of drug-likeness (QED) is 0.585. The summed E-state index contributed by atoms with van der Waals surface area (Å²) in [7, 11) is -3.91. The van der Waals surface area contributed by atoms with E-state index < -0.39 is 15.9 Å². The van der Waals surface area contributed by atoms with Crippen molar-refractivity contribution in [3.63, 3.8) is 0 Å². The lowest BCUT2D eigenvalue weighted by Crippen LogP contribution is -2.40. The Morgan fingerprint density at radius 2 is 1.70 bits per heavy atom. The van der Waals surface area contributed by atoms with Crippen LogP contribution in [-0.4, -0.2) is 26.6 Å². The van der Waals surface area contributed by atoms with E-state index >= 15 is 0 Å². The van der Waals surface area contributed by atoms with Crippen LogP contribution >= 0.6 is 0 Å². The number of carbonyl (C=O) groups excluding carboxylic acids is 1. The minimum Gasteiger partial charge on any atom is -0.271 e. The van der Waals surface area contributed by atoms with Gasteiger partial charge in [0, 0.05) is 5.71 Å². The molecule has 0 saturated heterocycles. The van der Waals surface area contributed by atoms with Crippen LogP contribution in [0.5, 0.6) is 0 Å². The van der Waals surface area contributed by atoms with Crippen molar-refractivity contribution in [2.75, 3.05) is 10.8 Å². The van der Waals surface area contributed by atoms with E-state index in [4.69, 9.17) is 0 Å². The lowest BCUT2D eigenvalue weighted by molar-refractivity contribution is -0.119. The molecule has 1 amide bonds. The van der Waals surface area contributed by atoms with Gasteiger partial charge in [0.05, 0.1) is 10.6 Å². The molecule has 7 heteroatoms. The Morgan fingerprint density at radius 1 is 1.07 bits per heavy atom. The number of sulfonamides is 1. The molecular formula is C20H25N3O3S. The summed E-state index contributed by atoms with van der Waals surface area (Å²) in [6.45, 7) is 6.96. The van der Waals surface area contributed by atoms with Gasteiger partial charge in [-0.15, -0.1) is 0 Å². The fourth-order valence-electron chi connectivity index (χ4n) is 2.53.